The average Bonchev–Trinajstić information content (AvgIpc) is 2.94. The zero-order valence-electron chi connectivity index (χ0n) is 25.0. The molecule has 0 saturated carbocycles. The van der Waals surface area contributed by atoms with Crippen LogP contribution in [0.5, 0.6) is 0 Å². The molecular weight excluding hydrogens is 601 g/mol. The van der Waals surface area contributed by atoms with Crippen molar-refractivity contribution in [3.05, 3.63) is 118 Å². The number of Topliss-reactive ketones (excluding diaryl/α,β-unsaturated/α-hetero) is 1. The second-order valence-corrected chi connectivity index (χ2v) is 13.8. The van der Waals surface area contributed by atoms with Gasteiger partial charge in [-0.2, -0.15) is 0 Å². The van der Waals surface area contributed by atoms with E-state index in [4.69, 9.17) is 4.74 Å². The van der Waals surface area contributed by atoms with Crippen molar-refractivity contribution in [1.82, 2.24) is 0 Å². The number of hydrogen-bond donors (Lipinski definition) is 2. The monoisotopic (exact) mass is 634 g/mol. The minimum atomic E-state index is -4.20. The van der Waals surface area contributed by atoms with Crippen molar-refractivity contribution in [3.63, 3.8) is 0 Å². The van der Waals surface area contributed by atoms with Gasteiger partial charge in [0.15, 0.2) is 5.78 Å². The Labute approximate surface area is 258 Å². The normalized spacial score (nSPS) is 12.3. The van der Waals surface area contributed by atoms with Gasteiger partial charge in [-0.3, -0.25) is 19.0 Å². The van der Waals surface area contributed by atoms with Crippen LogP contribution in [0.15, 0.2) is 94.7 Å². The standard InChI is InChI=1S/C33H34N2O7S2/c1-6-42-33(37)31(32(36)25-10-8-7-9-11-25)27-20-26(34-43(38,39)29-16-12-21(2)18-23(29)4)14-15-28(27)35-44(40,41)30-17-13-22(3)19-24(30)5/h7-20,31,34-35H,6H2,1-5H3/t31-/m1/s1. The fourth-order valence-electron chi connectivity index (χ4n) is 4.94. The fraction of sp³-hybridized carbons (Fsp3) is 0.212. The minimum absolute atomic E-state index is 0.00995. The zero-order chi connectivity index (χ0) is 32.2. The van der Waals surface area contributed by atoms with Crippen LogP contribution in [0, 0.1) is 27.7 Å². The Kier molecular flexibility index (Phi) is 9.60. The van der Waals surface area contributed by atoms with Crippen LogP contribution in [0.3, 0.4) is 0 Å². The van der Waals surface area contributed by atoms with E-state index in [0.717, 1.165) is 11.1 Å². The smallest absolute Gasteiger partial charge is 0.321 e. The molecule has 0 aliphatic carbocycles. The molecule has 0 amide bonds. The number of benzene rings is 4. The van der Waals surface area contributed by atoms with Crippen molar-refractivity contribution in [2.24, 2.45) is 0 Å². The summed E-state index contributed by atoms with van der Waals surface area (Å²) < 4.78 is 64.2. The molecule has 2 N–H and O–H groups in total. The lowest BCUT2D eigenvalue weighted by atomic mass is 9.89. The predicted octanol–water partition coefficient (Wildman–Crippen LogP) is 6.05. The molecule has 0 fully saturated rings. The van der Waals surface area contributed by atoms with Gasteiger partial charge in [-0.15, -0.1) is 0 Å². The summed E-state index contributed by atoms with van der Waals surface area (Å²) in [7, 11) is -8.29. The van der Waals surface area contributed by atoms with Gasteiger partial charge in [-0.1, -0.05) is 65.7 Å². The first kappa shape index (κ1) is 32.4. The highest BCUT2D eigenvalue weighted by Gasteiger charge is 2.34. The van der Waals surface area contributed by atoms with E-state index in [-0.39, 0.29) is 38.9 Å². The number of ketones is 1. The lowest BCUT2D eigenvalue weighted by molar-refractivity contribution is -0.143. The molecule has 0 radical (unpaired) electrons. The lowest BCUT2D eigenvalue weighted by Gasteiger charge is -2.21. The third kappa shape index (κ3) is 7.17. The van der Waals surface area contributed by atoms with Gasteiger partial charge >= 0.3 is 5.97 Å². The van der Waals surface area contributed by atoms with Crippen LogP contribution in [0.2, 0.25) is 0 Å². The first-order chi connectivity index (χ1) is 20.7. The maximum absolute atomic E-state index is 13.8. The number of carbonyl (C=O) groups is 2. The van der Waals surface area contributed by atoms with Gasteiger partial charge in [0.05, 0.1) is 22.1 Å². The third-order valence-electron chi connectivity index (χ3n) is 6.94. The van der Waals surface area contributed by atoms with Crippen molar-refractivity contribution in [2.75, 3.05) is 16.1 Å². The largest absolute Gasteiger partial charge is 0.465 e. The highest BCUT2D eigenvalue weighted by Crippen LogP contribution is 2.34. The van der Waals surface area contributed by atoms with Crippen LogP contribution in [0.25, 0.3) is 0 Å². The van der Waals surface area contributed by atoms with Crippen molar-refractivity contribution >= 4 is 43.2 Å². The molecule has 1 atom stereocenters. The molecule has 0 spiro atoms. The summed E-state index contributed by atoms with van der Waals surface area (Å²) in [6, 6.07) is 21.7. The first-order valence-electron chi connectivity index (χ1n) is 13.8. The molecule has 0 aliphatic heterocycles. The SMILES string of the molecule is CCOC(=O)[C@@H](C(=O)c1ccccc1)c1cc(NS(=O)(=O)c2ccc(C)cc2C)ccc1NS(=O)(=O)c1ccc(C)cc1C. The van der Waals surface area contributed by atoms with Crippen molar-refractivity contribution in [3.8, 4) is 0 Å². The molecule has 230 valence electrons. The van der Waals surface area contributed by atoms with Gasteiger partial charge in [-0.25, -0.2) is 16.8 Å². The topological polar surface area (TPSA) is 136 Å². The number of carbonyl (C=O) groups excluding carboxylic acids is 2. The molecule has 4 rings (SSSR count). The van der Waals surface area contributed by atoms with Gasteiger partial charge < -0.3 is 4.74 Å². The van der Waals surface area contributed by atoms with Gasteiger partial charge in [0.25, 0.3) is 20.0 Å². The number of anilines is 2. The van der Waals surface area contributed by atoms with Crippen molar-refractivity contribution < 1.29 is 31.2 Å². The second-order valence-electron chi connectivity index (χ2n) is 10.5. The van der Waals surface area contributed by atoms with Crippen molar-refractivity contribution in [1.29, 1.82) is 0 Å². The molecule has 0 unspecified atom stereocenters. The summed E-state index contributed by atoms with van der Waals surface area (Å²) in [5.41, 5.74) is 2.84. The average molecular weight is 635 g/mol. The zero-order valence-corrected chi connectivity index (χ0v) is 26.7. The van der Waals surface area contributed by atoms with E-state index in [9.17, 15) is 26.4 Å². The van der Waals surface area contributed by atoms with Crippen molar-refractivity contribution in [2.45, 2.75) is 50.3 Å². The van der Waals surface area contributed by atoms with E-state index in [1.807, 2.05) is 13.8 Å². The molecule has 0 aromatic heterocycles. The predicted molar refractivity (Wildman–Crippen MR) is 170 cm³/mol. The summed E-state index contributed by atoms with van der Waals surface area (Å²) in [5.74, 6) is -3.17. The summed E-state index contributed by atoms with van der Waals surface area (Å²) >= 11 is 0. The van der Waals surface area contributed by atoms with Gasteiger partial charge in [0.1, 0.15) is 5.92 Å². The Hall–Kier alpha value is -4.48. The number of ether oxygens (including phenoxy) is 1. The Morgan fingerprint density at radius 2 is 1.25 bits per heavy atom. The number of hydrogen-bond acceptors (Lipinski definition) is 7. The number of sulfonamides is 2. The molecule has 0 bridgehead atoms. The Bertz CT molecular complexity index is 1940. The molecular formula is C33H34N2O7S2. The van der Waals surface area contributed by atoms with E-state index < -0.39 is 37.7 Å². The molecule has 9 nitrogen and oxygen atoms in total. The minimum Gasteiger partial charge on any atom is -0.465 e. The summed E-state index contributed by atoms with van der Waals surface area (Å²) in [6.45, 7) is 8.56. The van der Waals surface area contributed by atoms with Crippen LogP contribution >= 0.6 is 0 Å². The highest BCUT2D eigenvalue weighted by molar-refractivity contribution is 7.93. The number of esters is 1. The second kappa shape index (κ2) is 13.0. The summed E-state index contributed by atoms with van der Waals surface area (Å²) in [4.78, 5) is 27.3. The van der Waals surface area contributed by atoms with Gasteiger partial charge in [0, 0.05) is 16.8 Å². The molecule has 11 heteroatoms. The van der Waals surface area contributed by atoms with E-state index >= 15 is 0 Å². The Morgan fingerprint density at radius 3 is 1.77 bits per heavy atom. The van der Waals surface area contributed by atoms with Crippen LogP contribution in [0.4, 0.5) is 11.4 Å². The summed E-state index contributed by atoms with van der Waals surface area (Å²) in [6.07, 6.45) is 0. The first-order valence-corrected chi connectivity index (χ1v) is 16.8. The Morgan fingerprint density at radius 1 is 0.705 bits per heavy atom. The quantitative estimate of drug-likeness (QED) is 0.116. The molecule has 4 aromatic rings. The van der Waals surface area contributed by atoms with E-state index in [0.29, 0.717) is 11.1 Å². The maximum atomic E-state index is 13.8. The van der Waals surface area contributed by atoms with Crippen LogP contribution < -0.4 is 9.44 Å². The number of nitrogens with one attached hydrogen (secondary N) is 2. The highest BCUT2D eigenvalue weighted by atomic mass is 32.2. The molecule has 0 saturated heterocycles. The maximum Gasteiger partial charge on any atom is 0.321 e. The van der Waals surface area contributed by atoms with Gasteiger partial charge in [0.2, 0.25) is 0 Å². The molecule has 0 aliphatic rings. The Balaban J connectivity index is 1.88. The van der Waals surface area contributed by atoms with Crippen LogP contribution in [-0.4, -0.2) is 35.2 Å². The molecule has 0 heterocycles. The fourth-order valence-corrected chi connectivity index (χ4v) is 7.53. The van der Waals surface area contributed by atoms with E-state index in [1.165, 1.54) is 42.5 Å². The molecule has 44 heavy (non-hydrogen) atoms. The third-order valence-corrected chi connectivity index (χ3v) is 10.0. The van der Waals surface area contributed by atoms with Crippen LogP contribution in [-0.2, 0) is 29.6 Å². The van der Waals surface area contributed by atoms with Crippen LogP contribution in [0.1, 0.15) is 51.0 Å². The summed E-state index contributed by atoms with van der Waals surface area (Å²) in [5, 5.41) is 0. The lowest BCUT2D eigenvalue weighted by Crippen LogP contribution is -2.27. The molecule has 4 aromatic carbocycles. The van der Waals surface area contributed by atoms with E-state index in [2.05, 4.69) is 9.44 Å². The van der Waals surface area contributed by atoms with E-state index in [1.54, 1.807) is 63.2 Å². The number of aryl methyl sites for hydroxylation is 4. The van der Waals surface area contributed by atoms with Gasteiger partial charge in [-0.05, 0) is 76.1 Å². The number of rotatable bonds is 11.